The second-order valence-electron chi connectivity index (χ2n) is 3.59. The number of halogens is 3. The van der Waals surface area contributed by atoms with Crippen molar-refractivity contribution in [2.75, 3.05) is 0 Å². The standard InChI is InChI=1S/C13H7BrClFO3/c14-8-2-1-3-11(12(8)13(17)18)19-10-5-4-7(16)6-9(10)15/h1-6H,(H,17,18). The summed E-state index contributed by atoms with van der Waals surface area (Å²) >= 11 is 8.96. The minimum Gasteiger partial charge on any atom is -0.478 e. The van der Waals surface area contributed by atoms with Crippen LogP contribution in [0.15, 0.2) is 40.9 Å². The van der Waals surface area contributed by atoms with E-state index in [-0.39, 0.29) is 22.1 Å². The number of rotatable bonds is 3. The maximum Gasteiger partial charge on any atom is 0.340 e. The van der Waals surface area contributed by atoms with Crippen LogP contribution in [0.1, 0.15) is 10.4 Å². The van der Waals surface area contributed by atoms with Crippen molar-refractivity contribution in [3.8, 4) is 11.5 Å². The Morgan fingerprint density at radius 3 is 2.63 bits per heavy atom. The van der Waals surface area contributed by atoms with Gasteiger partial charge in [-0.1, -0.05) is 17.7 Å². The second-order valence-corrected chi connectivity index (χ2v) is 4.86. The van der Waals surface area contributed by atoms with Gasteiger partial charge in [0.1, 0.15) is 22.9 Å². The normalized spacial score (nSPS) is 10.3. The van der Waals surface area contributed by atoms with Crippen LogP contribution < -0.4 is 4.74 Å². The number of hydrogen-bond acceptors (Lipinski definition) is 2. The van der Waals surface area contributed by atoms with E-state index in [0.29, 0.717) is 4.47 Å². The lowest BCUT2D eigenvalue weighted by atomic mass is 10.2. The highest BCUT2D eigenvalue weighted by Gasteiger charge is 2.16. The van der Waals surface area contributed by atoms with Gasteiger partial charge in [-0.05, 0) is 46.3 Å². The summed E-state index contributed by atoms with van der Waals surface area (Å²) < 4.78 is 18.7. The van der Waals surface area contributed by atoms with E-state index in [1.54, 1.807) is 12.1 Å². The summed E-state index contributed by atoms with van der Waals surface area (Å²) in [4.78, 5) is 11.2. The molecule has 0 heterocycles. The quantitative estimate of drug-likeness (QED) is 0.874. The molecule has 0 spiro atoms. The monoisotopic (exact) mass is 344 g/mol. The van der Waals surface area contributed by atoms with Gasteiger partial charge in [0.25, 0.3) is 0 Å². The molecule has 6 heteroatoms. The van der Waals surface area contributed by atoms with Gasteiger partial charge in [-0.15, -0.1) is 0 Å². The summed E-state index contributed by atoms with van der Waals surface area (Å²) in [7, 11) is 0. The molecule has 0 unspecified atom stereocenters. The fourth-order valence-electron chi connectivity index (χ4n) is 1.47. The lowest BCUT2D eigenvalue weighted by molar-refractivity contribution is 0.0693. The first-order chi connectivity index (χ1) is 8.99. The molecule has 0 saturated carbocycles. The lowest BCUT2D eigenvalue weighted by Gasteiger charge is -2.11. The molecule has 2 aromatic rings. The van der Waals surface area contributed by atoms with Crippen molar-refractivity contribution < 1.29 is 19.0 Å². The highest BCUT2D eigenvalue weighted by Crippen LogP contribution is 2.34. The molecule has 98 valence electrons. The zero-order valence-corrected chi connectivity index (χ0v) is 11.7. The summed E-state index contributed by atoms with van der Waals surface area (Å²) in [5.74, 6) is -1.33. The molecule has 0 aliphatic rings. The van der Waals surface area contributed by atoms with Gasteiger partial charge in [-0.3, -0.25) is 0 Å². The topological polar surface area (TPSA) is 46.5 Å². The second kappa shape index (κ2) is 5.59. The SMILES string of the molecule is O=C(O)c1c(Br)cccc1Oc1ccc(F)cc1Cl. The zero-order valence-electron chi connectivity index (χ0n) is 9.36. The minimum atomic E-state index is -1.14. The molecule has 0 saturated heterocycles. The Hall–Kier alpha value is -1.59. The van der Waals surface area contributed by atoms with E-state index in [1.807, 2.05) is 0 Å². The smallest absolute Gasteiger partial charge is 0.340 e. The Labute approximate surface area is 121 Å². The van der Waals surface area contributed by atoms with Gasteiger partial charge in [-0.25, -0.2) is 9.18 Å². The van der Waals surface area contributed by atoms with Crippen LogP contribution >= 0.6 is 27.5 Å². The van der Waals surface area contributed by atoms with Gasteiger partial charge in [0.2, 0.25) is 0 Å². The number of carbonyl (C=O) groups is 1. The van der Waals surface area contributed by atoms with Crippen LogP contribution in [0.25, 0.3) is 0 Å². The van der Waals surface area contributed by atoms with Crippen LogP contribution in [0.4, 0.5) is 4.39 Å². The molecule has 3 nitrogen and oxygen atoms in total. The summed E-state index contributed by atoms with van der Waals surface area (Å²) in [6, 6.07) is 8.32. The third-order valence-corrected chi connectivity index (χ3v) is 3.26. The fraction of sp³-hybridized carbons (Fsp3) is 0. The molecule has 2 rings (SSSR count). The molecular formula is C13H7BrClFO3. The van der Waals surface area contributed by atoms with Gasteiger partial charge in [-0.2, -0.15) is 0 Å². The van der Waals surface area contributed by atoms with E-state index in [9.17, 15) is 9.18 Å². The first-order valence-electron chi connectivity index (χ1n) is 5.13. The molecule has 0 fully saturated rings. The molecule has 2 aromatic carbocycles. The van der Waals surface area contributed by atoms with Crippen LogP contribution in [-0.2, 0) is 0 Å². The highest BCUT2D eigenvalue weighted by atomic mass is 79.9. The summed E-state index contributed by atoms with van der Waals surface area (Å²) in [6.07, 6.45) is 0. The molecule has 0 amide bonds. The first kappa shape index (κ1) is 13.8. The fourth-order valence-corrected chi connectivity index (χ4v) is 2.20. The summed E-state index contributed by atoms with van der Waals surface area (Å²) in [6.45, 7) is 0. The van der Waals surface area contributed by atoms with Crippen LogP contribution in [0.2, 0.25) is 5.02 Å². The Kier molecular flexibility index (Phi) is 4.07. The molecule has 19 heavy (non-hydrogen) atoms. The molecule has 0 atom stereocenters. The minimum absolute atomic E-state index is 0.0251. The van der Waals surface area contributed by atoms with E-state index in [0.717, 1.165) is 6.07 Å². The predicted molar refractivity (Wildman–Crippen MR) is 72.6 cm³/mol. The molecular weight excluding hydrogens is 338 g/mol. The van der Waals surface area contributed by atoms with Gasteiger partial charge in [0.05, 0.1) is 5.02 Å². The van der Waals surface area contributed by atoms with Gasteiger partial charge < -0.3 is 9.84 Å². The van der Waals surface area contributed by atoms with Crippen LogP contribution in [0.5, 0.6) is 11.5 Å². The maximum absolute atomic E-state index is 12.9. The van der Waals surface area contributed by atoms with E-state index in [2.05, 4.69) is 15.9 Å². The van der Waals surface area contributed by atoms with E-state index < -0.39 is 11.8 Å². The van der Waals surface area contributed by atoms with Crippen LogP contribution in [0.3, 0.4) is 0 Å². The van der Waals surface area contributed by atoms with E-state index in [4.69, 9.17) is 21.4 Å². The lowest BCUT2D eigenvalue weighted by Crippen LogP contribution is -2.01. The first-order valence-corrected chi connectivity index (χ1v) is 6.31. The molecule has 0 bridgehead atoms. The van der Waals surface area contributed by atoms with E-state index in [1.165, 1.54) is 18.2 Å². The number of aromatic carboxylic acids is 1. The molecule has 0 aromatic heterocycles. The Morgan fingerprint density at radius 1 is 1.26 bits per heavy atom. The van der Waals surface area contributed by atoms with Crippen molar-refractivity contribution in [2.24, 2.45) is 0 Å². The van der Waals surface area contributed by atoms with Gasteiger partial charge >= 0.3 is 5.97 Å². The van der Waals surface area contributed by atoms with Crippen molar-refractivity contribution in [3.05, 3.63) is 57.3 Å². The Balaban J connectivity index is 2.44. The number of carboxylic acid groups (broad SMARTS) is 1. The Bertz CT molecular complexity index is 646. The number of carboxylic acids is 1. The van der Waals surface area contributed by atoms with Crippen LogP contribution in [-0.4, -0.2) is 11.1 Å². The molecule has 1 N–H and O–H groups in total. The van der Waals surface area contributed by atoms with Crippen molar-refractivity contribution in [3.63, 3.8) is 0 Å². The van der Waals surface area contributed by atoms with Gasteiger partial charge in [0, 0.05) is 4.47 Å². The van der Waals surface area contributed by atoms with Crippen molar-refractivity contribution in [1.29, 1.82) is 0 Å². The third-order valence-electron chi connectivity index (χ3n) is 2.30. The van der Waals surface area contributed by atoms with Gasteiger partial charge in [0.15, 0.2) is 0 Å². The van der Waals surface area contributed by atoms with Crippen LogP contribution in [0, 0.1) is 5.82 Å². The zero-order chi connectivity index (χ0) is 14.0. The predicted octanol–water partition coefficient (Wildman–Crippen LogP) is 4.73. The number of hydrogen-bond donors (Lipinski definition) is 1. The average Bonchev–Trinajstić information content (AvgIpc) is 2.32. The largest absolute Gasteiger partial charge is 0.478 e. The number of ether oxygens (including phenoxy) is 1. The molecule has 0 aliphatic carbocycles. The Morgan fingerprint density at radius 2 is 2.00 bits per heavy atom. The van der Waals surface area contributed by atoms with E-state index >= 15 is 0 Å². The van der Waals surface area contributed by atoms with Crippen molar-refractivity contribution >= 4 is 33.5 Å². The number of benzene rings is 2. The van der Waals surface area contributed by atoms with Crippen molar-refractivity contribution in [1.82, 2.24) is 0 Å². The molecule has 0 aliphatic heterocycles. The van der Waals surface area contributed by atoms with Crippen molar-refractivity contribution in [2.45, 2.75) is 0 Å². The average molecular weight is 346 g/mol. The maximum atomic E-state index is 12.9. The summed E-state index contributed by atoms with van der Waals surface area (Å²) in [5.41, 5.74) is -0.0251. The summed E-state index contributed by atoms with van der Waals surface area (Å²) in [5, 5.41) is 9.20. The third kappa shape index (κ3) is 3.05. The molecule has 0 radical (unpaired) electrons. The highest BCUT2D eigenvalue weighted by molar-refractivity contribution is 9.10.